The molecule has 0 heterocycles. The van der Waals surface area contributed by atoms with Crippen molar-refractivity contribution in [3.8, 4) is 0 Å². The van der Waals surface area contributed by atoms with Gasteiger partial charge in [0.1, 0.15) is 0 Å². The average molecular weight is 282 g/mol. The summed E-state index contributed by atoms with van der Waals surface area (Å²) >= 11 is 1.99. The first-order valence-electron chi connectivity index (χ1n) is 3.86. The molecule has 1 aromatic carbocycles. The second kappa shape index (κ2) is 5.08. The van der Waals surface area contributed by atoms with Crippen LogP contribution >= 0.6 is 8.12 Å². The van der Waals surface area contributed by atoms with Gasteiger partial charge < -0.3 is 0 Å². The van der Waals surface area contributed by atoms with Crippen LogP contribution in [-0.4, -0.2) is 26.7 Å². The molecule has 0 spiro atoms. The molecule has 0 saturated heterocycles. The third-order valence-electron chi connectivity index (χ3n) is 1.49. The molecule has 0 radical (unpaired) electrons. The number of rotatable bonds is 3. The van der Waals surface area contributed by atoms with E-state index in [-0.39, 0.29) is 8.12 Å². The Hall–Kier alpha value is 0.360. The number of benzene rings is 1. The summed E-state index contributed by atoms with van der Waals surface area (Å²) in [5, 5.41) is 0. The van der Waals surface area contributed by atoms with Crippen LogP contribution in [0, 0.1) is 0 Å². The standard InChI is InChI=1S/C9H14STe/c1-2-8-10(11)9-6-4-3-5-7-9/h3-7,10-11H,2,8H2,1H3. The number of hydrogen-bond acceptors (Lipinski definition) is 0. The van der Waals surface area contributed by atoms with Crippen molar-refractivity contribution in [2.75, 3.05) is 5.75 Å². The molecule has 0 aliphatic carbocycles. The Kier molecular flexibility index (Phi) is 4.37. The molecule has 2 heteroatoms. The van der Waals surface area contributed by atoms with E-state index in [1.165, 1.54) is 12.2 Å². The van der Waals surface area contributed by atoms with Crippen LogP contribution in [0.4, 0.5) is 0 Å². The molecule has 0 N–H and O–H groups in total. The zero-order valence-corrected chi connectivity index (χ0v) is 10.1. The predicted molar refractivity (Wildman–Crippen MR) is 56.0 cm³/mol. The van der Waals surface area contributed by atoms with E-state index in [0.29, 0.717) is 0 Å². The van der Waals surface area contributed by atoms with E-state index in [9.17, 15) is 0 Å². The van der Waals surface area contributed by atoms with Crippen LogP contribution in [0.3, 0.4) is 0 Å². The Morgan fingerprint density at radius 2 is 1.91 bits per heavy atom. The second-order valence-electron chi connectivity index (χ2n) is 2.46. The van der Waals surface area contributed by atoms with E-state index < -0.39 is 0 Å². The monoisotopic (exact) mass is 284 g/mol. The Morgan fingerprint density at radius 3 is 2.45 bits per heavy atom. The molecule has 0 bridgehead atoms. The van der Waals surface area contributed by atoms with Crippen molar-refractivity contribution < 1.29 is 0 Å². The third-order valence-corrected chi connectivity index (χ3v) is 6.94. The molecule has 62 valence electrons. The average Bonchev–Trinajstić information content (AvgIpc) is 2.07. The van der Waals surface area contributed by atoms with Gasteiger partial charge in [0.25, 0.3) is 0 Å². The summed E-state index contributed by atoms with van der Waals surface area (Å²) in [7, 11) is 0.174. The maximum absolute atomic E-state index is 2.26. The van der Waals surface area contributed by atoms with Gasteiger partial charge in [-0.05, 0) is 0 Å². The maximum atomic E-state index is 2.26. The van der Waals surface area contributed by atoms with Crippen molar-refractivity contribution in [1.29, 1.82) is 0 Å². The first-order chi connectivity index (χ1) is 5.34. The minimum absolute atomic E-state index is 0.174. The third kappa shape index (κ3) is 3.07. The summed E-state index contributed by atoms with van der Waals surface area (Å²) in [6.07, 6.45) is 1.32. The van der Waals surface area contributed by atoms with Crippen molar-refractivity contribution in [3.05, 3.63) is 30.3 Å². The molecule has 1 atom stereocenters. The Labute approximate surface area is 83.1 Å². The van der Waals surface area contributed by atoms with E-state index >= 15 is 0 Å². The van der Waals surface area contributed by atoms with Gasteiger partial charge in [-0.3, -0.25) is 0 Å². The summed E-state index contributed by atoms with van der Waals surface area (Å²) in [6.45, 7) is 2.26. The van der Waals surface area contributed by atoms with Crippen molar-refractivity contribution in [3.63, 3.8) is 0 Å². The molecular formula is C9H14STe. The SMILES string of the molecule is CCC[SH]([TeH])c1ccccc1. The Morgan fingerprint density at radius 1 is 1.27 bits per heavy atom. The summed E-state index contributed by atoms with van der Waals surface area (Å²) in [5.41, 5.74) is 0. The van der Waals surface area contributed by atoms with Crippen LogP contribution in [0.5, 0.6) is 0 Å². The molecule has 0 aliphatic rings. The Bertz CT molecular complexity index is 198. The van der Waals surface area contributed by atoms with Crippen LogP contribution < -0.4 is 0 Å². The first-order valence-corrected chi connectivity index (χ1v) is 8.76. The summed E-state index contributed by atoms with van der Waals surface area (Å²) in [4.78, 5) is 1.55. The fourth-order valence-corrected chi connectivity index (χ4v) is 4.99. The van der Waals surface area contributed by atoms with Gasteiger partial charge in [-0.1, -0.05) is 0 Å². The molecular weight excluding hydrogens is 268 g/mol. The van der Waals surface area contributed by atoms with Gasteiger partial charge in [-0.25, -0.2) is 0 Å². The van der Waals surface area contributed by atoms with Gasteiger partial charge in [-0.15, -0.1) is 0 Å². The summed E-state index contributed by atoms with van der Waals surface area (Å²) in [6, 6.07) is 10.9. The second-order valence-corrected chi connectivity index (χ2v) is 8.36. The van der Waals surface area contributed by atoms with Crippen molar-refractivity contribution >= 4 is 29.0 Å². The van der Waals surface area contributed by atoms with Crippen LogP contribution in [0.2, 0.25) is 0 Å². The molecule has 0 aromatic heterocycles. The molecule has 0 amide bonds. The predicted octanol–water partition coefficient (Wildman–Crippen LogP) is 2.27. The molecule has 1 aromatic rings. The van der Waals surface area contributed by atoms with Gasteiger partial charge in [0.15, 0.2) is 0 Å². The molecule has 0 aliphatic heterocycles. The van der Waals surface area contributed by atoms with Gasteiger partial charge in [0, 0.05) is 0 Å². The van der Waals surface area contributed by atoms with Gasteiger partial charge in [-0.2, -0.15) is 0 Å². The van der Waals surface area contributed by atoms with Gasteiger partial charge in [0.2, 0.25) is 0 Å². The van der Waals surface area contributed by atoms with Crippen LogP contribution in [0.25, 0.3) is 0 Å². The van der Waals surface area contributed by atoms with E-state index in [4.69, 9.17) is 0 Å². The molecule has 1 rings (SSSR count). The van der Waals surface area contributed by atoms with Crippen molar-refractivity contribution in [2.24, 2.45) is 0 Å². The normalized spacial score (nSPS) is 14.5. The summed E-state index contributed by atoms with van der Waals surface area (Å²) in [5.74, 6) is 1.38. The fraction of sp³-hybridized carbons (Fsp3) is 0.333. The topological polar surface area (TPSA) is 0 Å². The van der Waals surface area contributed by atoms with Crippen LogP contribution in [0.1, 0.15) is 13.3 Å². The van der Waals surface area contributed by atoms with E-state index in [1.54, 1.807) is 4.90 Å². The van der Waals surface area contributed by atoms with E-state index in [0.717, 1.165) is 0 Å². The fourth-order valence-electron chi connectivity index (χ4n) is 0.941. The quantitative estimate of drug-likeness (QED) is 0.638. The number of thiol groups is 1. The van der Waals surface area contributed by atoms with Crippen LogP contribution in [-0.2, 0) is 0 Å². The van der Waals surface area contributed by atoms with Gasteiger partial charge >= 0.3 is 83.4 Å². The molecule has 0 saturated carbocycles. The van der Waals surface area contributed by atoms with Crippen molar-refractivity contribution in [1.82, 2.24) is 0 Å². The number of hydrogen-bond donors (Lipinski definition) is 1. The van der Waals surface area contributed by atoms with Crippen molar-refractivity contribution in [2.45, 2.75) is 18.2 Å². The van der Waals surface area contributed by atoms with Gasteiger partial charge in [0.05, 0.1) is 0 Å². The molecule has 11 heavy (non-hydrogen) atoms. The van der Waals surface area contributed by atoms with E-state index in [1.807, 2.05) is 20.9 Å². The van der Waals surface area contributed by atoms with E-state index in [2.05, 4.69) is 37.3 Å². The molecule has 0 fully saturated rings. The zero-order valence-electron chi connectivity index (χ0n) is 6.70. The summed E-state index contributed by atoms with van der Waals surface area (Å²) < 4.78 is 0. The molecule has 0 nitrogen and oxygen atoms in total. The zero-order chi connectivity index (χ0) is 8.10. The molecule has 1 unspecified atom stereocenters. The van der Waals surface area contributed by atoms with Crippen LogP contribution in [0.15, 0.2) is 35.2 Å². The minimum atomic E-state index is 0.174. The first kappa shape index (κ1) is 9.45. The Balaban J connectivity index is 2.61.